The molecule has 2 aromatic carbocycles. The maximum absolute atomic E-state index is 14.0. The fraction of sp³-hybridized carbons (Fsp3) is 0.400. The molecule has 3 aliphatic rings. The fourth-order valence-electron chi connectivity index (χ4n) is 6.99. The number of hydrogen-bond acceptors (Lipinski definition) is 11. The van der Waals surface area contributed by atoms with Crippen molar-refractivity contribution in [3.8, 4) is 22.6 Å². The van der Waals surface area contributed by atoms with Gasteiger partial charge >= 0.3 is 0 Å². The van der Waals surface area contributed by atoms with Crippen LogP contribution in [0.2, 0.25) is 0 Å². The summed E-state index contributed by atoms with van der Waals surface area (Å²) < 4.78 is 5.40. The summed E-state index contributed by atoms with van der Waals surface area (Å²) in [4.78, 5) is 73.0. The van der Waals surface area contributed by atoms with Gasteiger partial charge in [-0.3, -0.25) is 28.9 Å². The second kappa shape index (κ2) is 10.4. The van der Waals surface area contributed by atoms with Crippen LogP contribution in [0, 0.1) is 23.7 Å². The van der Waals surface area contributed by atoms with Gasteiger partial charge in [0.2, 0.25) is 5.91 Å². The number of fused-ring (bicyclic) bond motifs is 3. The van der Waals surface area contributed by atoms with Crippen LogP contribution >= 0.6 is 0 Å². The molecule has 220 valence electrons. The Morgan fingerprint density at radius 3 is 2.45 bits per heavy atom. The molecule has 0 aliphatic heterocycles. The SMILES string of the molecule is CO/N=C\c1cc(-c2ccc(O)c3c2C[C@@H]2C[C@@H]4[C@@H](N(C)C)C(=O)C(C(N)=O)C(=O)[C@]4(O)C(=O)C2C3=O)ccc1OC. The Labute approximate surface area is 241 Å². The summed E-state index contributed by atoms with van der Waals surface area (Å²) in [6.45, 7) is 0. The smallest absolute Gasteiger partial charge is 0.235 e. The van der Waals surface area contributed by atoms with E-state index in [0.717, 1.165) is 0 Å². The van der Waals surface area contributed by atoms with E-state index in [2.05, 4.69) is 5.16 Å². The van der Waals surface area contributed by atoms with Gasteiger partial charge in [-0.25, -0.2) is 0 Å². The summed E-state index contributed by atoms with van der Waals surface area (Å²) in [7, 11) is 5.99. The number of carbonyl (C=O) groups excluding carboxylic acids is 5. The molecule has 1 amide bonds. The van der Waals surface area contributed by atoms with Gasteiger partial charge in [-0.1, -0.05) is 17.3 Å². The van der Waals surface area contributed by atoms with E-state index in [0.29, 0.717) is 28.0 Å². The molecule has 42 heavy (non-hydrogen) atoms. The Morgan fingerprint density at radius 1 is 1.12 bits per heavy atom. The number of rotatable bonds is 6. The molecule has 2 saturated carbocycles. The number of methoxy groups -OCH3 is 1. The monoisotopic (exact) mass is 577 g/mol. The maximum Gasteiger partial charge on any atom is 0.235 e. The lowest BCUT2D eigenvalue weighted by atomic mass is 9.52. The fourth-order valence-corrected chi connectivity index (χ4v) is 6.99. The molecule has 12 nitrogen and oxygen atoms in total. The number of amides is 1. The number of aliphatic hydroxyl groups is 1. The molecule has 0 heterocycles. The van der Waals surface area contributed by atoms with E-state index in [1.807, 2.05) is 0 Å². The molecule has 0 radical (unpaired) electrons. The molecule has 12 heteroatoms. The van der Waals surface area contributed by atoms with Gasteiger partial charge in [-0.05, 0) is 67.7 Å². The molecule has 2 fully saturated rings. The predicted molar refractivity (Wildman–Crippen MR) is 148 cm³/mol. The van der Waals surface area contributed by atoms with E-state index in [1.165, 1.54) is 31.4 Å². The van der Waals surface area contributed by atoms with Gasteiger partial charge in [0.1, 0.15) is 18.6 Å². The average molecular weight is 578 g/mol. The number of nitrogens with two attached hydrogens (primary N) is 1. The van der Waals surface area contributed by atoms with Crippen molar-refractivity contribution in [1.29, 1.82) is 0 Å². The number of phenols is 1. The van der Waals surface area contributed by atoms with Crippen molar-refractivity contribution >= 4 is 35.3 Å². The highest BCUT2D eigenvalue weighted by atomic mass is 16.6. The number of hydrogen-bond donors (Lipinski definition) is 3. The third-order valence-electron chi connectivity index (χ3n) is 8.78. The van der Waals surface area contributed by atoms with E-state index in [1.54, 1.807) is 38.4 Å². The predicted octanol–water partition coefficient (Wildman–Crippen LogP) is 0.523. The molecule has 4 N–H and O–H groups in total. The molecular formula is C30H31N3O9. The normalized spacial score (nSPS) is 28.9. The lowest BCUT2D eigenvalue weighted by Gasteiger charge is -2.52. The Hall–Kier alpha value is -4.42. The lowest BCUT2D eigenvalue weighted by molar-refractivity contribution is -0.181. The number of carbonyl (C=O) groups is 5. The van der Waals surface area contributed by atoms with Crippen molar-refractivity contribution in [2.24, 2.45) is 34.6 Å². The van der Waals surface area contributed by atoms with Gasteiger partial charge in [-0.2, -0.15) is 0 Å². The lowest BCUT2D eigenvalue weighted by Crippen LogP contribution is -2.74. The molecule has 0 bridgehead atoms. The van der Waals surface area contributed by atoms with E-state index in [4.69, 9.17) is 15.3 Å². The number of nitrogens with zero attached hydrogens (tertiary/aromatic N) is 2. The Kier molecular flexibility index (Phi) is 7.23. The van der Waals surface area contributed by atoms with E-state index >= 15 is 0 Å². The van der Waals surface area contributed by atoms with Crippen LogP contribution in [-0.4, -0.2) is 90.3 Å². The van der Waals surface area contributed by atoms with Gasteiger partial charge in [0.05, 0.1) is 30.8 Å². The number of oxime groups is 1. The maximum atomic E-state index is 14.0. The minimum Gasteiger partial charge on any atom is -0.507 e. The van der Waals surface area contributed by atoms with Crippen molar-refractivity contribution in [3.63, 3.8) is 0 Å². The molecule has 3 aliphatic carbocycles. The minimum absolute atomic E-state index is 0.0344. The van der Waals surface area contributed by atoms with Gasteiger partial charge in [0, 0.05) is 11.5 Å². The molecule has 6 atom stereocenters. The summed E-state index contributed by atoms with van der Waals surface area (Å²) in [5, 5.41) is 26.3. The van der Waals surface area contributed by atoms with Crippen LogP contribution in [0.3, 0.4) is 0 Å². The summed E-state index contributed by atoms with van der Waals surface area (Å²) >= 11 is 0. The van der Waals surface area contributed by atoms with Crippen LogP contribution in [0.4, 0.5) is 0 Å². The van der Waals surface area contributed by atoms with E-state index in [9.17, 15) is 34.2 Å². The highest BCUT2D eigenvalue weighted by Crippen LogP contribution is 2.51. The van der Waals surface area contributed by atoms with Crippen molar-refractivity contribution in [2.45, 2.75) is 24.5 Å². The highest BCUT2D eigenvalue weighted by Gasteiger charge is 2.69. The molecule has 5 rings (SSSR count). The first kappa shape index (κ1) is 29.1. The second-order valence-corrected chi connectivity index (χ2v) is 11.1. The largest absolute Gasteiger partial charge is 0.507 e. The van der Waals surface area contributed by atoms with Gasteiger partial charge in [-0.15, -0.1) is 0 Å². The third kappa shape index (κ3) is 4.12. The van der Waals surface area contributed by atoms with Crippen molar-refractivity contribution in [2.75, 3.05) is 28.3 Å². The van der Waals surface area contributed by atoms with Crippen LogP contribution in [0.25, 0.3) is 11.1 Å². The zero-order valence-corrected chi connectivity index (χ0v) is 23.5. The van der Waals surface area contributed by atoms with Crippen LogP contribution < -0.4 is 10.5 Å². The average Bonchev–Trinajstić information content (AvgIpc) is 2.93. The molecule has 0 saturated heterocycles. The van der Waals surface area contributed by atoms with Crippen molar-refractivity contribution in [1.82, 2.24) is 4.90 Å². The van der Waals surface area contributed by atoms with Crippen LogP contribution in [0.5, 0.6) is 11.5 Å². The number of likely N-dealkylation sites (N-methyl/N-ethyl adjacent to an activating group) is 1. The van der Waals surface area contributed by atoms with Crippen molar-refractivity contribution < 1.29 is 43.8 Å². The Balaban J connectivity index is 1.64. The quantitative estimate of drug-likeness (QED) is 0.248. The van der Waals surface area contributed by atoms with Crippen LogP contribution in [0.1, 0.15) is 27.9 Å². The zero-order chi connectivity index (χ0) is 30.7. The Morgan fingerprint density at radius 2 is 1.83 bits per heavy atom. The van der Waals surface area contributed by atoms with Gasteiger partial charge in [0.15, 0.2) is 34.7 Å². The van der Waals surface area contributed by atoms with E-state index < -0.39 is 64.4 Å². The number of benzene rings is 2. The number of aromatic hydroxyl groups is 1. The number of ether oxygens (including phenoxy) is 1. The van der Waals surface area contributed by atoms with Crippen LogP contribution in [0.15, 0.2) is 35.5 Å². The number of ketones is 4. The zero-order valence-electron chi connectivity index (χ0n) is 23.5. The summed E-state index contributed by atoms with van der Waals surface area (Å²) in [5.41, 5.74) is 4.88. The molecule has 0 aromatic heterocycles. The first-order valence-electron chi connectivity index (χ1n) is 13.3. The van der Waals surface area contributed by atoms with Gasteiger partial charge < -0.3 is 25.5 Å². The molecule has 0 spiro atoms. The minimum atomic E-state index is -2.77. The number of primary amides is 1. The third-order valence-corrected chi connectivity index (χ3v) is 8.78. The highest BCUT2D eigenvalue weighted by molar-refractivity contribution is 6.32. The molecule has 2 aromatic rings. The van der Waals surface area contributed by atoms with Crippen molar-refractivity contribution in [3.05, 3.63) is 47.0 Å². The van der Waals surface area contributed by atoms with Gasteiger partial charge in [0.25, 0.3) is 0 Å². The molecule has 2 unspecified atom stereocenters. The first-order valence-corrected chi connectivity index (χ1v) is 13.3. The van der Waals surface area contributed by atoms with E-state index in [-0.39, 0.29) is 24.2 Å². The summed E-state index contributed by atoms with van der Waals surface area (Å²) in [6.07, 6.45) is 1.57. The standard InChI is InChI=1S/C30H31N3O9/c1-33(2)24-18-11-14-10-17-16(13-5-8-20(41-3)15(9-13)12-32-42-4)6-7-19(34)22(17)25(35)21(14)27(37)30(18,40)28(38)23(26(24)36)29(31)39/h5-9,12,14,18,21,23-24,34,40H,10-11H2,1-4H3,(H2,31,39)/b32-12-/t14-,18-,21?,23?,24-,30-/m1/s1. The summed E-state index contributed by atoms with van der Waals surface area (Å²) in [5.74, 6) is -10.4. The van der Waals surface area contributed by atoms with Crippen LogP contribution in [-0.2, 0) is 30.4 Å². The Bertz CT molecular complexity index is 1570. The number of phenolic OH excluding ortho intramolecular Hbond substituents is 1. The number of Topliss-reactive ketones (excluding diaryl/α,β-unsaturated/α-hetero) is 4. The second-order valence-electron chi connectivity index (χ2n) is 11.1. The molecular weight excluding hydrogens is 546 g/mol. The first-order chi connectivity index (χ1) is 19.9. The summed E-state index contributed by atoms with van der Waals surface area (Å²) in [6, 6.07) is 7.12. The topological polar surface area (TPSA) is 186 Å².